The first-order valence-electron chi connectivity index (χ1n) is 6.75. The van der Waals surface area contributed by atoms with Crippen molar-refractivity contribution in [2.75, 3.05) is 25.1 Å². The van der Waals surface area contributed by atoms with E-state index in [-0.39, 0.29) is 11.9 Å². The Morgan fingerprint density at radius 3 is 2.95 bits per heavy atom. The zero-order chi connectivity index (χ0) is 14.1. The average molecular weight is 265 g/mol. The molecule has 0 saturated carbocycles. The van der Waals surface area contributed by atoms with Gasteiger partial charge in [-0.25, -0.2) is 0 Å². The minimum absolute atomic E-state index is 0.0142. The number of nitrogens with zero attached hydrogens (tertiary/aromatic N) is 1. The van der Waals surface area contributed by atoms with Gasteiger partial charge in [-0.1, -0.05) is 6.92 Å². The maximum atomic E-state index is 12.2. The zero-order valence-corrected chi connectivity index (χ0v) is 11.9. The van der Waals surface area contributed by atoms with Crippen molar-refractivity contribution in [1.29, 1.82) is 0 Å². The number of nitrogens with one attached hydrogen (secondary N) is 2. The molecule has 2 N–H and O–H groups in total. The number of carbonyl (C=O) groups is 1. The van der Waals surface area contributed by atoms with Gasteiger partial charge in [0.15, 0.2) is 0 Å². The molecule has 0 saturated heterocycles. The molecule has 5 nitrogen and oxygen atoms in total. The highest BCUT2D eigenvalue weighted by Gasteiger charge is 2.13. The van der Waals surface area contributed by atoms with Gasteiger partial charge >= 0.3 is 0 Å². The molecule has 1 aromatic rings. The van der Waals surface area contributed by atoms with Crippen LogP contribution in [-0.4, -0.2) is 36.7 Å². The van der Waals surface area contributed by atoms with Gasteiger partial charge in [0.2, 0.25) is 0 Å². The minimum atomic E-state index is -0.104. The summed E-state index contributed by atoms with van der Waals surface area (Å²) in [6.45, 7) is 7.93. The third kappa shape index (κ3) is 5.26. The first-order chi connectivity index (χ1) is 9.19. The molecule has 0 radical (unpaired) electrons. The number of hydrogen-bond acceptors (Lipinski definition) is 4. The fourth-order valence-electron chi connectivity index (χ4n) is 1.63. The van der Waals surface area contributed by atoms with Gasteiger partial charge < -0.3 is 15.4 Å². The van der Waals surface area contributed by atoms with Crippen LogP contribution in [0.3, 0.4) is 0 Å². The van der Waals surface area contributed by atoms with Crippen LogP contribution in [0.25, 0.3) is 0 Å². The van der Waals surface area contributed by atoms with Crippen LogP contribution in [0.15, 0.2) is 18.5 Å². The maximum absolute atomic E-state index is 12.2. The van der Waals surface area contributed by atoms with Crippen LogP contribution in [0.5, 0.6) is 0 Å². The molecule has 0 aliphatic carbocycles. The number of pyridine rings is 1. The number of rotatable bonds is 8. The van der Waals surface area contributed by atoms with Gasteiger partial charge in [-0.2, -0.15) is 0 Å². The molecule has 0 aromatic carbocycles. The van der Waals surface area contributed by atoms with Crippen molar-refractivity contribution in [3.63, 3.8) is 0 Å². The number of carbonyl (C=O) groups excluding carboxylic acids is 1. The Balaban J connectivity index is 2.65. The van der Waals surface area contributed by atoms with Gasteiger partial charge in [-0.3, -0.25) is 9.78 Å². The predicted octanol–water partition coefficient (Wildman–Crippen LogP) is 2.06. The van der Waals surface area contributed by atoms with Crippen LogP contribution in [0.4, 0.5) is 5.69 Å². The number of aromatic nitrogens is 1. The summed E-state index contributed by atoms with van der Waals surface area (Å²) >= 11 is 0. The lowest BCUT2D eigenvalue weighted by Crippen LogP contribution is -2.36. The maximum Gasteiger partial charge on any atom is 0.253 e. The molecular formula is C14H23N3O2. The molecule has 0 spiro atoms. The van der Waals surface area contributed by atoms with E-state index in [0.717, 1.165) is 18.7 Å². The van der Waals surface area contributed by atoms with E-state index in [2.05, 4.69) is 22.5 Å². The molecule has 1 atom stereocenters. The summed E-state index contributed by atoms with van der Waals surface area (Å²) in [7, 11) is 0. The minimum Gasteiger partial charge on any atom is -0.383 e. The normalized spacial score (nSPS) is 11.9. The van der Waals surface area contributed by atoms with E-state index in [9.17, 15) is 4.79 Å². The summed E-state index contributed by atoms with van der Waals surface area (Å²) in [5.41, 5.74) is 1.39. The Labute approximate surface area is 114 Å². The molecule has 1 aromatic heterocycles. The molecule has 1 heterocycles. The third-order valence-electron chi connectivity index (χ3n) is 2.58. The Kier molecular flexibility index (Phi) is 6.89. The summed E-state index contributed by atoms with van der Waals surface area (Å²) in [6.07, 6.45) is 4.30. The van der Waals surface area contributed by atoms with E-state index in [4.69, 9.17) is 4.74 Å². The fraction of sp³-hybridized carbons (Fsp3) is 0.571. The Morgan fingerprint density at radius 2 is 2.26 bits per heavy atom. The van der Waals surface area contributed by atoms with Crippen molar-refractivity contribution >= 4 is 11.6 Å². The summed E-state index contributed by atoms with van der Waals surface area (Å²) in [5.74, 6) is -0.104. The highest BCUT2D eigenvalue weighted by molar-refractivity contribution is 5.99. The number of ether oxygens (including phenoxy) is 1. The molecule has 1 amide bonds. The highest BCUT2D eigenvalue weighted by atomic mass is 16.5. The van der Waals surface area contributed by atoms with Crippen LogP contribution in [0.1, 0.15) is 37.6 Å². The summed E-state index contributed by atoms with van der Waals surface area (Å²) in [4.78, 5) is 16.2. The lowest BCUT2D eigenvalue weighted by Gasteiger charge is -2.15. The van der Waals surface area contributed by atoms with E-state index < -0.39 is 0 Å². The number of amides is 1. The van der Waals surface area contributed by atoms with Crippen molar-refractivity contribution in [2.24, 2.45) is 0 Å². The van der Waals surface area contributed by atoms with Crippen molar-refractivity contribution in [3.8, 4) is 0 Å². The summed E-state index contributed by atoms with van der Waals surface area (Å²) < 4.78 is 5.28. The Bertz CT molecular complexity index is 396. The van der Waals surface area contributed by atoms with Gasteiger partial charge in [-0.15, -0.1) is 0 Å². The van der Waals surface area contributed by atoms with E-state index in [1.807, 2.05) is 13.8 Å². The Morgan fingerprint density at radius 1 is 1.47 bits per heavy atom. The smallest absolute Gasteiger partial charge is 0.253 e. The lowest BCUT2D eigenvalue weighted by molar-refractivity contribution is 0.0872. The standard InChI is InChI=1S/C14H23N3O2/c1-4-7-16-13-9-15-8-6-12(13)14(18)17-11(3)10-19-5-2/h6,8-9,11,16H,4-5,7,10H2,1-3H3,(H,17,18). The molecule has 19 heavy (non-hydrogen) atoms. The second kappa shape index (κ2) is 8.48. The molecule has 106 valence electrons. The van der Waals surface area contributed by atoms with Gasteiger partial charge in [0, 0.05) is 25.4 Å². The van der Waals surface area contributed by atoms with Gasteiger partial charge in [0.1, 0.15) is 0 Å². The van der Waals surface area contributed by atoms with E-state index >= 15 is 0 Å². The summed E-state index contributed by atoms with van der Waals surface area (Å²) in [5, 5.41) is 6.12. The first-order valence-corrected chi connectivity index (χ1v) is 6.75. The third-order valence-corrected chi connectivity index (χ3v) is 2.58. The quantitative estimate of drug-likeness (QED) is 0.755. The number of anilines is 1. The van der Waals surface area contributed by atoms with Gasteiger partial charge in [-0.05, 0) is 26.3 Å². The van der Waals surface area contributed by atoms with E-state index in [1.165, 1.54) is 0 Å². The van der Waals surface area contributed by atoms with Crippen molar-refractivity contribution in [2.45, 2.75) is 33.2 Å². The zero-order valence-electron chi connectivity index (χ0n) is 11.9. The van der Waals surface area contributed by atoms with Crippen LogP contribution in [0.2, 0.25) is 0 Å². The number of hydrogen-bond donors (Lipinski definition) is 2. The molecule has 0 aliphatic heterocycles. The second-order valence-corrected chi connectivity index (χ2v) is 4.38. The monoisotopic (exact) mass is 265 g/mol. The van der Waals surface area contributed by atoms with Crippen LogP contribution >= 0.6 is 0 Å². The van der Waals surface area contributed by atoms with Crippen molar-refractivity contribution < 1.29 is 9.53 Å². The molecule has 0 bridgehead atoms. The van der Waals surface area contributed by atoms with Gasteiger partial charge in [0.25, 0.3) is 5.91 Å². The molecule has 1 rings (SSSR count). The van der Waals surface area contributed by atoms with Gasteiger partial charge in [0.05, 0.1) is 24.1 Å². The van der Waals surface area contributed by atoms with Crippen LogP contribution in [-0.2, 0) is 4.74 Å². The molecular weight excluding hydrogens is 242 g/mol. The molecule has 0 aliphatic rings. The lowest BCUT2D eigenvalue weighted by atomic mass is 10.2. The largest absolute Gasteiger partial charge is 0.383 e. The first kappa shape index (κ1) is 15.4. The predicted molar refractivity (Wildman–Crippen MR) is 76.4 cm³/mol. The fourth-order valence-corrected chi connectivity index (χ4v) is 1.63. The molecule has 1 unspecified atom stereocenters. The van der Waals surface area contributed by atoms with E-state index in [1.54, 1.807) is 18.5 Å². The topological polar surface area (TPSA) is 63.2 Å². The average Bonchev–Trinajstić information content (AvgIpc) is 2.43. The van der Waals surface area contributed by atoms with E-state index in [0.29, 0.717) is 18.8 Å². The Hall–Kier alpha value is -1.62. The molecule has 5 heteroatoms. The van der Waals surface area contributed by atoms with Crippen molar-refractivity contribution in [1.82, 2.24) is 10.3 Å². The van der Waals surface area contributed by atoms with Crippen molar-refractivity contribution in [3.05, 3.63) is 24.0 Å². The highest BCUT2D eigenvalue weighted by Crippen LogP contribution is 2.13. The SMILES string of the molecule is CCCNc1cnccc1C(=O)NC(C)COCC. The molecule has 0 fully saturated rings. The summed E-state index contributed by atoms with van der Waals surface area (Å²) in [6, 6.07) is 1.71. The van der Waals surface area contributed by atoms with Crippen LogP contribution < -0.4 is 10.6 Å². The second-order valence-electron chi connectivity index (χ2n) is 4.38. The van der Waals surface area contributed by atoms with Crippen LogP contribution in [0, 0.1) is 0 Å².